The van der Waals surface area contributed by atoms with Crippen LogP contribution in [0.25, 0.3) is 121 Å². The summed E-state index contributed by atoms with van der Waals surface area (Å²) in [5.74, 6) is 0. The van der Waals surface area contributed by atoms with E-state index in [1.165, 1.54) is 121 Å². The van der Waals surface area contributed by atoms with Crippen LogP contribution in [0.5, 0.6) is 0 Å². The lowest BCUT2D eigenvalue weighted by atomic mass is 9.95. The number of fused-ring (bicyclic) bond motifs is 8. The SMILES string of the molecule is CCn1c2cc3c(cccc3n(CC)c3cc4c(cccc41)cc3-c1ccc3c(c1)c1ccccc1n3-c1ccccc1)cc2-c1ccc2c(c1)c1ccccc1n2-c1ccccc1. The lowest BCUT2D eigenvalue weighted by Gasteiger charge is -2.20. The molecule has 0 N–H and O–H groups in total. The quantitative estimate of drug-likeness (QED) is 0.159. The van der Waals surface area contributed by atoms with Gasteiger partial charge < -0.3 is 18.3 Å². The van der Waals surface area contributed by atoms with Gasteiger partial charge in [0.2, 0.25) is 0 Å². The molecule has 304 valence electrons. The Morgan fingerprint density at radius 3 is 1.11 bits per heavy atom. The van der Waals surface area contributed by atoms with Gasteiger partial charge in [0.25, 0.3) is 0 Å². The van der Waals surface area contributed by atoms with Gasteiger partial charge in [-0.15, -0.1) is 0 Å². The summed E-state index contributed by atoms with van der Waals surface area (Å²) in [4.78, 5) is 0. The Labute approximate surface area is 370 Å². The molecule has 13 rings (SSSR count). The number of aromatic nitrogens is 4. The zero-order valence-corrected chi connectivity index (χ0v) is 35.8. The molecule has 0 atom stereocenters. The van der Waals surface area contributed by atoms with Crippen LogP contribution in [0.15, 0.2) is 206 Å². The van der Waals surface area contributed by atoms with Crippen LogP contribution in [0, 0.1) is 0 Å². The third-order valence-corrected chi connectivity index (χ3v) is 13.7. The molecule has 0 saturated carbocycles. The fraction of sp³-hybridized carbons (Fsp3) is 0.0667. The maximum absolute atomic E-state index is 2.54. The Balaban J connectivity index is 1.10. The Hall–Kier alpha value is -8.08. The van der Waals surface area contributed by atoms with E-state index in [9.17, 15) is 0 Å². The number of benzene rings is 10. The molecule has 0 aliphatic carbocycles. The first-order chi connectivity index (χ1) is 31.7. The Morgan fingerprint density at radius 2 is 0.672 bits per heavy atom. The van der Waals surface area contributed by atoms with Crippen molar-refractivity contribution < 1.29 is 0 Å². The topological polar surface area (TPSA) is 19.7 Å². The highest BCUT2D eigenvalue weighted by molar-refractivity contribution is 6.14. The number of para-hydroxylation sites is 4. The Morgan fingerprint density at radius 1 is 0.281 bits per heavy atom. The summed E-state index contributed by atoms with van der Waals surface area (Å²) in [6, 6.07) is 76.7. The molecule has 0 amide bonds. The largest absolute Gasteiger partial charge is 0.341 e. The van der Waals surface area contributed by atoms with Gasteiger partial charge in [0.05, 0.1) is 22.1 Å². The maximum atomic E-state index is 2.54. The molecule has 0 spiro atoms. The third-order valence-electron chi connectivity index (χ3n) is 13.7. The van der Waals surface area contributed by atoms with Crippen molar-refractivity contribution in [3.63, 3.8) is 0 Å². The highest BCUT2D eigenvalue weighted by Crippen LogP contribution is 2.41. The molecule has 4 bridgehead atoms. The number of aryl methyl sites for hydroxylation is 2. The molecular weight excluding hydrogens is 777 g/mol. The lowest BCUT2D eigenvalue weighted by Crippen LogP contribution is -2.04. The number of hydrogen-bond acceptors (Lipinski definition) is 0. The van der Waals surface area contributed by atoms with Crippen LogP contribution in [0.3, 0.4) is 0 Å². The van der Waals surface area contributed by atoms with Gasteiger partial charge in [-0.3, -0.25) is 0 Å². The Bertz CT molecular complexity index is 3760. The van der Waals surface area contributed by atoms with Crippen molar-refractivity contribution in [1.29, 1.82) is 0 Å². The maximum Gasteiger partial charge on any atom is 0.0541 e. The van der Waals surface area contributed by atoms with E-state index in [4.69, 9.17) is 0 Å². The van der Waals surface area contributed by atoms with E-state index in [2.05, 4.69) is 238 Å². The molecule has 13 aromatic rings. The first-order valence-electron chi connectivity index (χ1n) is 22.5. The fourth-order valence-corrected chi connectivity index (χ4v) is 10.9. The second-order valence-corrected chi connectivity index (χ2v) is 17.1. The molecular formula is C60H44N4. The molecule has 10 aromatic carbocycles. The minimum Gasteiger partial charge on any atom is -0.341 e. The number of nitrogens with zero attached hydrogens (tertiary/aromatic N) is 4. The summed E-state index contributed by atoms with van der Waals surface area (Å²) in [6.07, 6.45) is 0. The third kappa shape index (κ3) is 5.36. The second kappa shape index (κ2) is 14.2. The van der Waals surface area contributed by atoms with E-state index in [1.54, 1.807) is 0 Å². The van der Waals surface area contributed by atoms with Crippen molar-refractivity contribution in [3.05, 3.63) is 206 Å². The summed E-state index contributed by atoms with van der Waals surface area (Å²) in [7, 11) is 0. The van der Waals surface area contributed by atoms with Crippen molar-refractivity contribution in [2.45, 2.75) is 26.9 Å². The van der Waals surface area contributed by atoms with Gasteiger partial charge in [-0.1, -0.05) is 109 Å². The predicted molar refractivity (Wildman–Crippen MR) is 272 cm³/mol. The molecule has 0 radical (unpaired) electrons. The fourth-order valence-electron chi connectivity index (χ4n) is 10.9. The summed E-state index contributed by atoms with van der Waals surface area (Å²) in [5.41, 5.74) is 16.9. The lowest BCUT2D eigenvalue weighted by molar-refractivity contribution is 0.817. The summed E-state index contributed by atoms with van der Waals surface area (Å²) in [6.45, 7) is 6.20. The average molecular weight is 821 g/mol. The molecule has 3 aromatic heterocycles. The van der Waals surface area contributed by atoms with E-state index < -0.39 is 0 Å². The van der Waals surface area contributed by atoms with E-state index in [1.807, 2.05) is 0 Å². The summed E-state index contributed by atoms with van der Waals surface area (Å²) < 4.78 is 9.88. The van der Waals surface area contributed by atoms with Crippen molar-refractivity contribution in [1.82, 2.24) is 18.3 Å². The van der Waals surface area contributed by atoms with E-state index in [0.717, 1.165) is 13.1 Å². The van der Waals surface area contributed by atoms with Gasteiger partial charge in [-0.2, -0.15) is 0 Å². The molecule has 4 nitrogen and oxygen atoms in total. The van der Waals surface area contributed by atoms with Gasteiger partial charge in [-0.05, 0) is 133 Å². The Kier molecular flexibility index (Phi) is 8.13. The van der Waals surface area contributed by atoms with E-state index in [0.29, 0.717) is 0 Å². The molecule has 0 aliphatic heterocycles. The van der Waals surface area contributed by atoms with Crippen molar-refractivity contribution in [2.24, 2.45) is 0 Å². The molecule has 0 aliphatic rings. The van der Waals surface area contributed by atoms with Crippen LogP contribution in [0.4, 0.5) is 0 Å². The number of rotatable bonds is 6. The first-order valence-corrected chi connectivity index (χ1v) is 22.5. The van der Waals surface area contributed by atoms with E-state index in [-0.39, 0.29) is 0 Å². The zero-order chi connectivity index (χ0) is 42.5. The average Bonchev–Trinajstić information content (AvgIpc) is 3.87. The van der Waals surface area contributed by atoms with Gasteiger partial charge in [0.1, 0.15) is 0 Å². The van der Waals surface area contributed by atoms with Gasteiger partial charge in [0.15, 0.2) is 0 Å². The monoisotopic (exact) mass is 820 g/mol. The van der Waals surface area contributed by atoms with Gasteiger partial charge in [0, 0.05) is 90.0 Å². The van der Waals surface area contributed by atoms with Crippen LogP contribution in [0.2, 0.25) is 0 Å². The molecule has 3 heterocycles. The standard InChI is InChI=1S/C60H44N4/c1-3-61-53-27-15-17-39-34-48(42-30-32-58-52(36-42)46-24-12-14-26-56(46)64(58)44-21-9-6-10-22-44)60(38-49(39)53)62(4-2)54-28-16-18-40-33-47(59(61)37-50(40)54)41-29-31-57-51(35-41)45-23-11-13-25-55(45)63(57)43-19-7-5-8-20-43/h5-38H,3-4H2,1-2H3. The summed E-state index contributed by atoms with van der Waals surface area (Å²) in [5, 5.41) is 9.96. The zero-order valence-electron chi connectivity index (χ0n) is 35.8. The smallest absolute Gasteiger partial charge is 0.0541 e. The van der Waals surface area contributed by atoms with Crippen molar-refractivity contribution in [3.8, 4) is 33.6 Å². The van der Waals surface area contributed by atoms with Crippen LogP contribution in [0.1, 0.15) is 13.8 Å². The molecule has 0 unspecified atom stereocenters. The summed E-state index contributed by atoms with van der Waals surface area (Å²) >= 11 is 0. The van der Waals surface area contributed by atoms with Gasteiger partial charge in [-0.25, -0.2) is 0 Å². The van der Waals surface area contributed by atoms with E-state index >= 15 is 0 Å². The van der Waals surface area contributed by atoms with Crippen molar-refractivity contribution >= 4 is 87.2 Å². The highest BCUT2D eigenvalue weighted by Gasteiger charge is 2.19. The van der Waals surface area contributed by atoms with Crippen LogP contribution in [-0.4, -0.2) is 18.3 Å². The van der Waals surface area contributed by atoms with Crippen LogP contribution < -0.4 is 0 Å². The molecule has 64 heavy (non-hydrogen) atoms. The van der Waals surface area contributed by atoms with Gasteiger partial charge >= 0.3 is 0 Å². The minimum atomic E-state index is 0.812. The van der Waals surface area contributed by atoms with Crippen molar-refractivity contribution in [2.75, 3.05) is 0 Å². The molecule has 0 fully saturated rings. The molecule has 0 saturated heterocycles. The highest BCUT2D eigenvalue weighted by atomic mass is 15.0. The van der Waals surface area contributed by atoms with Crippen LogP contribution in [-0.2, 0) is 13.1 Å². The number of hydrogen-bond donors (Lipinski definition) is 0. The second-order valence-electron chi connectivity index (χ2n) is 17.1. The van der Waals surface area contributed by atoms with Crippen LogP contribution >= 0.6 is 0 Å². The minimum absolute atomic E-state index is 0.812. The normalized spacial score (nSPS) is 12.0. The first kappa shape index (κ1) is 36.6. The molecule has 4 heteroatoms. The predicted octanol–water partition coefficient (Wildman–Crippen LogP) is 16.0.